The Morgan fingerprint density at radius 1 is 1.11 bits per heavy atom. The minimum Gasteiger partial charge on any atom is -0.449 e. The maximum Gasteiger partial charge on any atom is 0.338 e. The van der Waals surface area contributed by atoms with Crippen LogP contribution in [0.2, 0.25) is 5.02 Å². The van der Waals surface area contributed by atoms with Gasteiger partial charge in [0.2, 0.25) is 10.0 Å². The van der Waals surface area contributed by atoms with Gasteiger partial charge in [-0.3, -0.25) is 4.79 Å². The summed E-state index contributed by atoms with van der Waals surface area (Å²) in [6.07, 6.45) is -1.08. The topological polar surface area (TPSA) is 102 Å². The van der Waals surface area contributed by atoms with Crippen LogP contribution in [0.15, 0.2) is 47.4 Å². The maximum absolute atomic E-state index is 12.3. The Kier molecular flexibility index (Phi) is 6.59. The zero-order valence-corrected chi connectivity index (χ0v) is 16.5. The first-order valence-electron chi connectivity index (χ1n) is 7.95. The first-order valence-corrected chi connectivity index (χ1v) is 9.82. The number of halogens is 1. The van der Waals surface area contributed by atoms with Crippen molar-refractivity contribution in [3.8, 4) is 0 Å². The summed E-state index contributed by atoms with van der Waals surface area (Å²) < 4.78 is 31.1. The van der Waals surface area contributed by atoms with Crippen molar-refractivity contribution < 1.29 is 22.7 Å². The highest BCUT2D eigenvalue weighted by Gasteiger charge is 2.22. The monoisotopic (exact) mass is 410 g/mol. The number of aryl methyl sites for hydroxylation is 1. The number of ether oxygens (including phenoxy) is 1. The van der Waals surface area contributed by atoms with Crippen molar-refractivity contribution in [3.63, 3.8) is 0 Å². The number of sulfonamides is 1. The largest absolute Gasteiger partial charge is 0.449 e. The molecule has 2 aromatic carbocycles. The van der Waals surface area contributed by atoms with E-state index in [0.29, 0.717) is 5.69 Å². The number of esters is 1. The Bertz CT molecular complexity index is 958. The summed E-state index contributed by atoms with van der Waals surface area (Å²) in [6.45, 7) is 3.34. The van der Waals surface area contributed by atoms with Crippen molar-refractivity contribution in [1.82, 2.24) is 4.72 Å². The summed E-state index contributed by atoms with van der Waals surface area (Å²) in [4.78, 5) is 24.2. The van der Waals surface area contributed by atoms with Gasteiger partial charge in [-0.1, -0.05) is 29.3 Å². The molecule has 7 nitrogen and oxygen atoms in total. The molecule has 0 heterocycles. The molecule has 0 radical (unpaired) electrons. The van der Waals surface area contributed by atoms with E-state index in [4.69, 9.17) is 16.3 Å². The summed E-state index contributed by atoms with van der Waals surface area (Å²) >= 11 is 5.89. The average molecular weight is 411 g/mol. The Morgan fingerprint density at radius 3 is 2.33 bits per heavy atom. The molecule has 2 N–H and O–H groups in total. The number of rotatable bonds is 6. The molecule has 0 aromatic heterocycles. The number of hydrogen-bond donors (Lipinski definition) is 2. The maximum atomic E-state index is 12.3. The van der Waals surface area contributed by atoms with Crippen molar-refractivity contribution in [2.45, 2.75) is 24.8 Å². The van der Waals surface area contributed by atoms with E-state index in [2.05, 4.69) is 10.0 Å². The van der Waals surface area contributed by atoms with Gasteiger partial charge < -0.3 is 10.1 Å². The second-order valence-corrected chi connectivity index (χ2v) is 8.02. The van der Waals surface area contributed by atoms with Crippen LogP contribution in [0.3, 0.4) is 0 Å². The van der Waals surface area contributed by atoms with Crippen LogP contribution in [-0.4, -0.2) is 33.4 Å². The second-order valence-electron chi connectivity index (χ2n) is 5.76. The quantitative estimate of drug-likeness (QED) is 0.713. The smallest absolute Gasteiger partial charge is 0.338 e. The minimum absolute atomic E-state index is 0.0361. The summed E-state index contributed by atoms with van der Waals surface area (Å²) in [7, 11) is -2.61. The van der Waals surface area contributed by atoms with Gasteiger partial charge in [-0.2, -0.15) is 0 Å². The molecule has 0 fully saturated rings. The molecule has 0 spiro atoms. The summed E-state index contributed by atoms with van der Waals surface area (Å²) in [5.41, 5.74) is 1.58. The van der Waals surface area contributed by atoms with Crippen LogP contribution < -0.4 is 10.0 Å². The Hall–Kier alpha value is -2.42. The molecule has 0 aliphatic rings. The zero-order chi connectivity index (χ0) is 20.2. The predicted octanol–water partition coefficient (Wildman–Crippen LogP) is 2.74. The zero-order valence-electron chi connectivity index (χ0n) is 14.9. The lowest BCUT2D eigenvalue weighted by Gasteiger charge is -2.14. The predicted molar refractivity (Wildman–Crippen MR) is 102 cm³/mol. The van der Waals surface area contributed by atoms with E-state index in [1.807, 2.05) is 19.1 Å². The van der Waals surface area contributed by atoms with Crippen molar-refractivity contribution in [2.75, 3.05) is 12.4 Å². The van der Waals surface area contributed by atoms with Gasteiger partial charge in [-0.25, -0.2) is 17.9 Å². The highest BCUT2D eigenvalue weighted by atomic mass is 35.5. The van der Waals surface area contributed by atoms with Gasteiger partial charge in [0.1, 0.15) is 4.90 Å². The molecule has 0 aliphatic carbocycles. The summed E-state index contributed by atoms with van der Waals surface area (Å²) in [5.74, 6) is -1.35. The molecule has 0 saturated heterocycles. The van der Waals surface area contributed by atoms with Crippen LogP contribution in [0.25, 0.3) is 0 Å². The third-order valence-electron chi connectivity index (χ3n) is 3.70. The number of nitrogens with one attached hydrogen (secondary N) is 2. The number of carbonyl (C=O) groups excluding carboxylic acids is 2. The number of carbonyl (C=O) groups is 2. The van der Waals surface area contributed by atoms with Gasteiger partial charge in [-0.15, -0.1) is 0 Å². The van der Waals surface area contributed by atoms with Crippen LogP contribution in [0, 0.1) is 6.92 Å². The lowest BCUT2D eigenvalue weighted by molar-refractivity contribution is -0.123. The Labute approximate surface area is 162 Å². The van der Waals surface area contributed by atoms with Crippen LogP contribution in [0.5, 0.6) is 0 Å². The third kappa shape index (κ3) is 5.29. The third-order valence-corrected chi connectivity index (χ3v) is 5.59. The van der Waals surface area contributed by atoms with E-state index in [9.17, 15) is 18.0 Å². The fraction of sp³-hybridized carbons (Fsp3) is 0.222. The minimum atomic E-state index is -3.84. The first kappa shape index (κ1) is 20.9. The summed E-state index contributed by atoms with van der Waals surface area (Å²) in [6, 6.07) is 10.8. The van der Waals surface area contributed by atoms with E-state index in [1.165, 1.54) is 26.1 Å². The molecule has 2 aromatic rings. The molecular weight excluding hydrogens is 392 g/mol. The van der Waals surface area contributed by atoms with Crippen molar-refractivity contribution >= 4 is 39.2 Å². The first-order chi connectivity index (χ1) is 12.6. The van der Waals surface area contributed by atoms with E-state index in [-0.39, 0.29) is 15.5 Å². The molecule has 0 aliphatic heterocycles. The Balaban J connectivity index is 2.11. The number of anilines is 1. The van der Waals surface area contributed by atoms with Crippen LogP contribution in [0.4, 0.5) is 5.69 Å². The van der Waals surface area contributed by atoms with Gasteiger partial charge in [-0.05, 0) is 51.2 Å². The van der Waals surface area contributed by atoms with Crippen molar-refractivity contribution in [1.29, 1.82) is 0 Å². The van der Waals surface area contributed by atoms with Crippen LogP contribution in [0.1, 0.15) is 22.8 Å². The molecule has 0 bridgehead atoms. The molecule has 144 valence electrons. The Morgan fingerprint density at radius 2 is 1.74 bits per heavy atom. The molecule has 2 rings (SSSR count). The molecule has 27 heavy (non-hydrogen) atoms. The van der Waals surface area contributed by atoms with E-state index in [0.717, 1.165) is 11.6 Å². The van der Waals surface area contributed by atoms with Gasteiger partial charge >= 0.3 is 5.97 Å². The molecule has 1 atom stereocenters. The molecule has 0 saturated carbocycles. The highest BCUT2D eigenvalue weighted by Crippen LogP contribution is 2.23. The van der Waals surface area contributed by atoms with E-state index < -0.39 is 28.0 Å². The molecule has 9 heteroatoms. The molecular formula is C18H19ClN2O5S. The number of benzene rings is 2. The van der Waals surface area contributed by atoms with Gasteiger partial charge in [0.25, 0.3) is 5.91 Å². The van der Waals surface area contributed by atoms with E-state index >= 15 is 0 Å². The lowest BCUT2D eigenvalue weighted by atomic mass is 10.2. The van der Waals surface area contributed by atoms with E-state index in [1.54, 1.807) is 12.1 Å². The molecule has 1 amide bonds. The standard InChI is InChI=1S/C18H19ClN2O5S/c1-11-4-7-14(8-5-11)21-17(22)12(2)26-18(23)13-6-9-15(19)16(10-13)27(24,25)20-3/h4-10,12,20H,1-3H3,(H,21,22)/t12-/m1/s1. The van der Waals surface area contributed by atoms with Crippen LogP contribution >= 0.6 is 11.6 Å². The number of amides is 1. The van der Waals surface area contributed by atoms with Gasteiger partial charge in [0.15, 0.2) is 6.10 Å². The van der Waals surface area contributed by atoms with Crippen LogP contribution in [-0.2, 0) is 19.6 Å². The second kappa shape index (κ2) is 8.51. The average Bonchev–Trinajstić information content (AvgIpc) is 2.63. The van der Waals surface area contributed by atoms with Gasteiger partial charge in [0, 0.05) is 5.69 Å². The number of hydrogen-bond acceptors (Lipinski definition) is 5. The molecule has 0 unspecified atom stereocenters. The SMILES string of the molecule is CNS(=O)(=O)c1cc(C(=O)O[C@H](C)C(=O)Nc2ccc(C)cc2)ccc1Cl. The van der Waals surface area contributed by atoms with Crippen molar-refractivity contribution in [2.24, 2.45) is 0 Å². The fourth-order valence-corrected chi connectivity index (χ4v) is 3.36. The van der Waals surface area contributed by atoms with Gasteiger partial charge in [0.05, 0.1) is 10.6 Å². The lowest BCUT2D eigenvalue weighted by Crippen LogP contribution is -2.30. The van der Waals surface area contributed by atoms with Crippen molar-refractivity contribution in [3.05, 3.63) is 58.6 Å². The summed E-state index contributed by atoms with van der Waals surface area (Å²) in [5, 5.41) is 2.60. The normalized spacial score (nSPS) is 12.3. The fourth-order valence-electron chi connectivity index (χ4n) is 2.11. The highest BCUT2D eigenvalue weighted by molar-refractivity contribution is 7.89.